The number of hydrogen-bond donors (Lipinski definition) is 1. The summed E-state index contributed by atoms with van der Waals surface area (Å²) in [6.45, 7) is 1.61. The molecule has 1 fully saturated rings. The van der Waals surface area contributed by atoms with Crippen molar-refractivity contribution >= 4 is 23.3 Å². The first-order chi connectivity index (χ1) is 13.2. The normalized spacial score (nSPS) is 13.9. The van der Waals surface area contributed by atoms with Crippen molar-refractivity contribution in [1.82, 2.24) is 24.5 Å². The Morgan fingerprint density at radius 3 is 2.81 bits per heavy atom. The molecule has 0 unspecified atom stereocenters. The number of nitrogens with one attached hydrogen (secondary N) is 1. The summed E-state index contributed by atoms with van der Waals surface area (Å²) in [6, 6.07) is 9.22. The van der Waals surface area contributed by atoms with Gasteiger partial charge in [0.05, 0.1) is 5.69 Å². The number of rotatable bonds is 5. The molecule has 1 aliphatic rings. The molecule has 2 amide bonds. The Labute approximate surface area is 156 Å². The highest BCUT2D eigenvalue weighted by molar-refractivity contribution is 5.92. The highest BCUT2D eigenvalue weighted by atomic mass is 16.2. The maximum absolute atomic E-state index is 12.2. The molecule has 27 heavy (non-hydrogen) atoms. The molecular formula is C19H20N6O2. The molecule has 0 aromatic carbocycles. The Kier molecular flexibility index (Phi) is 4.78. The Balaban J connectivity index is 1.39. The van der Waals surface area contributed by atoms with Crippen molar-refractivity contribution in [2.45, 2.75) is 25.7 Å². The summed E-state index contributed by atoms with van der Waals surface area (Å²) in [5, 5.41) is 6.85. The molecule has 8 heteroatoms. The Bertz CT molecular complexity index is 977. The molecular weight excluding hydrogens is 344 g/mol. The van der Waals surface area contributed by atoms with Gasteiger partial charge in [-0.05, 0) is 37.1 Å². The smallest absolute Gasteiger partial charge is 0.226 e. The first-order valence-electron chi connectivity index (χ1n) is 9.03. The van der Waals surface area contributed by atoms with Gasteiger partial charge in [-0.1, -0.05) is 6.07 Å². The fourth-order valence-corrected chi connectivity index (χ4v) is 3.19. The van der Waals surface area contributed by atoms with Crippen LogP contribution in [0.15, 0.2) is 42.9 Å². The largest absolute Gasteiger partial charge is 0.343 e. The number of aromatic nitrogens is 4. The highest BCUT2D eigenvalue weighted by Crippen LogP contribution is 2.20. The molecule has 0 bridgehead atoms. The van der Waals surface area contributed by atoms with E-state index in [2.05, 4.69) is 20.4 Å². The molecule has 0 spiro atoms. The van der Waals surface area contributed by atoms with Gasteiger partial charge in [0.15, 0.2) is 5.65 Å². The van der Waals surface area contributed by atoms with Crippen LogP contribution in [0.4, 0.5) is 5.82 Å². The predicted molar refractivity (Wildman–Crippen MR) is 99.9 cm³/mol. The van der Waals surface area contributed by atoms with E-state index in [0.29, 0.717) is 5.82 Å². The van der Waals surface area contributed by atoms with E-state index in [1.165, 1.54) is 6.33 Å². The van der Waals surface area contributed by atoms with E-state index in [1.807, 2.05) is 35.4 Å². The average Bonchev–Trinajstić information content (AvgIpc) is 3.37. The molecule has 0 aliphatic carbocycles. The minimum atomic E-state index is -0.208. The zero-order valence-corrected chi connectivity index (χ0v) is 14.8. The number of fused-ring (bicyclic) bond motifs is 1. The molecule has 1 N–H and O–H groups in total. The van der Waals surface area contributed by atoms with Gasteiger partial charge in [-0.25, -0.2) is 14.5 Å². The van der Waals surface area contributed by atoms with Crippen LogP contribution in [-0.2, 0) is 9.59 Å². The molecule has 0 atom stereocenters. The van der Waals surface area contributed by atoms with Crippen LogP contribution >= 0.6 is 0 Å². The highest BCUT2D eigenvalue weighted by Gasteiger charge is 2.18. The summed E-state index contributed by atoms with van der Waals surface area (Å²) in [5.41, 5.74) is 2.34. The van der Waals surface area contributed by atoms with Crippen molar-refractivity contribution in [3.05, 3.63) is 42.9 Å². The third kappa shape index (κ3) is 3.94. The lowest BCUT2D eigenvalue weighted by Gasteiger charge is -2.14. The zero-order valence-electron chi connectivity index (χ0n) is 14.8. The van der Waals surface area contributed by atoms with Crippen LogP contribution in [0.5, 0.6) is 0 Å². The van der Waals surface area contributed by atoms with Gasteiger partial charge in [0.1, 0.15) is 12.1 Å². The van der Waals surface area contributed by atoms with Crippen LogP contribution in [0.2, 0.25) is 0 Å². The van der Waals surface area contributed by atoms with Gasteiger partial charge in [0, 0.05) is 37.7 Å². The van der Waals surface area contributed by atoms with Gasteiger partial charge >= 0.3 is 0 Å². The lowest BCUT2D eigenvalue weighted by atomic mass is 10.2. The standard InChI is InChI=1S/C19H20N6O2/c26-18(6-7-19(27)24-9-1-2-10-24)23-16-5-3-4-15(22-16)14-8-11-25-17(12-14)20-13-21-25/h3-5,8,11-13H,1-2,6-7,9-10H2,(H,22,23,26). The number of hydrogen-bond acceptors (Lipinski definition) is 5. The lowest BCUT2D eigenvalue weighted by Crippen LogP contribution is -2.28. The lowest BCUT2D eigenvalue weighted by molar-refractivity contribution is -0.131. The minimum absolute atomic E-state index is 0.0472. The van der Waals surface area contributed by atoms with Gasteiger partial charge in [-0.2, -0.15) is 5.10 Å². The van der Waals surface area contributed by atoms with Gasteiger partial charge in [0.25, 0.3) is 0 Å². The first-order valence-corrected chi connectivity index (χ1v) is 9.03. The predicted octanol–water partition coefficient (Wildman–Crippen LogP) is 2.13. The summed E-state index contributed by atoms with van der Waals surface area (Å²) >= 11 is 0. The third-order valence-corrected chi connectivity index (χ3v) is 4.62. The van der Waals surface area contributed by atoms with E-state index in [1.54, 1.807) is 10.6 Å². The number of likely N-dealkylation sites (tertiary alicyclic amines) is 1. The number of amides is 2. The van der Waals surface area contributed by atoms with Crippen molar-refractivity contribution in [3.8, 4) is 11.3 Å². The van der Waals surface area contributed by atoms with Crippen LogP contribution in [0.3, 0.4) is 0 Å². The van der Waals surface area contributed by atoms with E-state index >= 15 is 0 Å². The number of pyridine rings is 2. The molecule has 1 aliphatic heterocycles. The number of anilines is 1. The van der Waals surface area contributed by atoms with Crippen LogP contribution in [0, 0.1) is 0 Å². The second kappa shape index (κ2) is 7.53. The molecule has 3 aromatic rings. The van der Waals surface area contributed by atoms with Crippen molar-refractivity contribution in [1.29, 1.82) is 0 Å². The van der Waals surface area contributed by atoms with Crippen LogP contribution in [0.1, 0.15) is 25.7 Å². The van der Waals surface area contributed by atoms with Crippen molar-refractivity contribution in [2.75, 3.05) is 18.4 Å². The van der Waals surface area contributed by atoms with E-state index < -0.39 is 0 Å². The molecule has 138 valence electrons. The summed E-state index contributed by atoms with van der Waals surface area (Å²) in [7, 11) is 0. The maximum Gasteiger partial charge on any atom is 0.226 e. The van der Waals surface area contributed by atoms with Crippen LogP contribution in [-0.4, -0.2) is 49.4 Å². The average molecular weight is 364 g/mol. The van der Waals surface area contributed by atoms with Crippen LogP contribution < -0.4 is 5.32 Å². The topological polar surface area (TPSA) is 92.5 Å². The summed E-state index contributed by atoms with van der Waals surface area (Å²) < 4.78 is 1.67. The van der Waals surface area contributed by atoms with E-state index in [9.17, 15) is 9.59 Å². The van der Waals surface area contributed by atoms with E-state index in [4.69, 9.17) is 0 Å². The summed E-state index contributed by atoms with van der Waals surface area (Å²) in [5.74, 6) is 0.304. The number of nitrogens with zero attached hydrogens (tertiary/aromatic N) is 5. The van der Waals surface area contributed by atoms with Gasteiger partial charge < -0.3 is 10.2 Å². The van der Waals surface area contributed by atoms with E-state index in [-0.39, 0.29) is 24.7 Å². The van der Waals surface area contributed by atoms with Gasteiger partial charge in [-0.3, -0.25) is 9.59 Å². The zero-order chi connectivity index (χ0) is 18.6. The third-order valence-electron chi connectivity index (χ3n) is 4.62. The number of carbonyl (C=O) groups excluding carboxylic acids is 2. The summed E-state index contributed by atoms with van der Waals surface area (Å²) in [6.07, 6.45) is 5.80. The van der Waals surface area contributed by atoms with Crippen molar-refractivity contribution < 1.29 is 9.59 Å². The Hall–Kier alpha value is -3.29. The molecule has 0 saturated carbocycles. The Morgan fingerprint density at radius 2 is 1.96 bits per heavy atom. The minimum Gasteiger partial charge on any atom is -0.343 e. The van der Waals surface area contributed by atoms with Crippen LogP contribution in [0.25, 0.3) is 16.9 Å². The monoisotopic (exact) mass is 364 g/mol. The summed E-state index contributed by atoms with van der Waals surface area (Å²) in [4.78, 5) is 34.7. The SMILES string of the molecule is O=C(CCC(=O)N1CCCC1)Nc1cccc(-c2ccn3ncnc3c2)n1. The molecule has 4 rings (SSSR count). The second-order valence-corrected chi connectivity index (χ2v) is 6.52. The fourth-order valence-electron chi connectivity index (χ4n) is 3.19. The fraction of sp³-hybridized carbons (Fsp3) is 0.316. The maximum atomic E-state index is 12.2. The first kappa shape index (κ1) is 17.1. The molecule has 3 aromatic heterocycles. The molecule has 4 heterocycles. The molecule has 0 radical (unpaired) electrons. The number of carbonyl (C=O) groups is 2. The Morgan fingerprint density at radius 1 is 1.11 bits per heavy atom. The van der Waals surface area contributed by atoms with Gasteiger partial charge in [-0.15, -0.1) is 0 Å². The molecule has 8 nitrogen and oxygen atoms in total. The molecule has 1 saturated heterocycles. The van der Waals surface area contributed by atoms with Crippen molar-refractivity contribution in [3.63, 3.8) is 0 Å². The van der Waals surface area contributed by atoms with Crippen molar-refractivity contribution in [2.24, 2.45) is 0 Å². The quantitative estimate of drug-likeness (QED) is 0.749. The second-order valence-electron chi connectivity index (χ2n) is 6.52. The van der Waals surface area contributed by atoms with Gasteiger partial charge in [0.2, 0.25) is 11.8 Å². The van der Waals surface area contributed by atoms with E-state index in [0.717, 1.165) is 42.8 Å².